The van der Waals surface area contributed by atoms with E-state index in [9.17, 15) is 44.7 Å². The van der Waals surface area contributed by atoms with Crippen LogP contribution in [0.4, 0.5) is 49.6 Å². The predicted octanol–water partition coefficient (Wildman–Crippen LogP) is 8.01. The van der Waals surface area contributed by atoms with Gasteiger partial charge in [0.05, 0.1) is 34.5 Å². The summed E-state index contributed by atoms with van der Waals surface area (Å²) in [7, 11) is 0. The summed E-state index contributed by atoms with van der Waals surface area (Å²) in [5.41, 5.74) is -3.78. The van der Waals surface area contributed by atoms with E-state index in [1.54, 1.807) is 0 Å². The summed E-state index contributed by atoms with van der Waals surface area (Å²) in [4.78, 5) is 35.8. The third-order valence-electron chi connectivity index (χ3n) is 9.39. The lowest BCUT2D eigenvalue weighted by molar-refractivity contribution is -0.644. The molecule has 8 rings (SSSR count). The number of benzene rings is 4. The van der Waals surface area contributed by atoms with E-state index in [1.807, 2.05) is 0 Å². The zero-order chi connectivity index (χ0) is 39.9. The summed E-state index contributed by atoms with van der Waals surface area (Å²) in [6, 6.07) is 12.1. The Bertz CT molecular complexity index is 2510. The summed E-state index contributed by atoms with van der Waals surface area (Å²) in [6.45, 7) is 0. The minimum atomic E-state index is -4.77. The Hall–Kier alpha value is -6.69. The Morgan fingerprint density at radius 2 is 1.21 bits per heavy atom. The average molecular weight is 784 g/mol. The summed E-state index contributed by atoms with van der Waals surface area (Å²) >= 11 is 0. The standard InChI is InChI=1S/C38H20F10N6O2/c39-22-7-11-25(27(41)15-22)29-17-32(56)54(30-18-31(55)53-14-13-52(36(53)50-30)24-9-5-21(6-10-24)38(46,47)48)34(26-12-8-23(40)16-28(26)42)33(51-35(54)49-29)19-1-3-20(4-2-19)37(43,44)45/h1-18,36H,(H-,49,50,51,55,56)/p+1. The number of quaternary nitrogens is 1. The fourth-order valence-electron chi connectivity index (χ4n) is 6.80. The van der Waals surface area contributed by atoms with Crippen LogP contribution in [0, 0.1) is 23.3 Å². The maximum absolute atomic E-state index is 16.0. The third-order valence-corrected chi connectivity index (χ3v) is 9.39. The van der Waals surface area contributed by atoms with Gasteiger partial charge in [-0.2, -0.15) is 31.3 Å². The van der Waals surface area contributed by atoms with Gasteiger partial charge in [-0.05, 0) is 60.7 Å². The maximum atomic E-state index is 16.0. The van der Waals surface area contributed by atoms with Crippen molar-refractivity contribution in [2.45, 2.75) is 18.6 Å². The number of carbonyl (C=O) groups is 2. The van der Waals surface area contributed by atoms with Crippen LogP contribution in [0.3, 0.4) is 0 Å². The van der Waals surface area contributed by atoms with Gasteiger partial charge in [-0.25, -0.2) is 22.4 Å². The number of amides is 2. The van der Waals surface area contributed by atoms with Crippen LogP contribution in [0.1, 0.15) is 27.8 Å². The number of nitrogens with zero attached hydrogens (tertiary/aromatic N) is 4. The molecular formula is C38H21F10N6O2+. The van der Waals surface area contributed by atoms with Gasteiger partial charge in [-0.1, -0.05) is 12.1 Å². The normalized spacial score (nSPS) is 20.7. The molecule has 8 nitrogen and oxygen atoms in total. The van der Waals surface area contributed by atoms with Crippen molar-refractivity contribution in [2.24, 2.45) is 4.99 Å². The van der Waals surface area contributed by atoms with E-state index < -0.39 is 86.6 Å². The van der Waals surface area contributed by atoms with Crippen LogP contribution in [0.25, 0.3) is 17.1 Å². The van der Waals surface area contributed by atoms with Crippen molar-refractivity contribution in [1.29, 1.82) is 0 Å². The summed E-state index contributed by atoms with van der Waals surface area (Å²) in [5.74, 6) is -7.01. The number of guanidine groups is 1. The molecule has 4 aromatic carbocycles. The van der Waals surface area contributed by atoms with E-state index in [0.717, 1.165) is 77.7 Å². The first-order chi connectivity index (χ1) is 26.5. The van der Waals surface area contributed by atoms with Gasteiger partial charge in [0.25, 0.3) is 5.91 Å². The van der Waals surface area contributed by atoms with Crippen LogP contribution >= 0.6 is 0 Å². The number of alkyl halides is 6. The fourth-order valence-corrected chi connectivity index (χ4v) is 6.80. The SMILES string of the molecule is O=C1C=C([N+]23C(=O)C=C(c4ccc(F)cc4F)NC2=NC(c2ccc(C(F)(F)F)cc2)=C3c2ccc(F)cc2F)NC2N1C=CN2c1ccc(C(F)(F)F)cc1. The zero-order valence-corrected chi connectivity index (χ0v) is 27.9. The van der Waals surface area contributed by atoms with Crippen molar-refractivity contribution in [3.8, 4) is 0 Å². The third kappa shape index (κ3) is 5.80. The molecule has 2 N–H and O–H groups in total. The van der Waals surface area contributed by atoms with Gasteiger partial charge < -0.3 is 10.2 Å². The summed E-state index contributed by atoms with van der Waals surface area (Å²) in [6.07, 6.45) is -6.22. The Balaban J connectivity index is 1.34. The number of halogens is 10. The Morgan fingerprint density at radius 1 is 0.661 bits per heavy atom. The molecule has 4 aromatic rings. The highest BCUT2D eigenvalue weighted by Crippen LogP contribution is 2.49. The molecule has 4 aliphatic rings. The molecule has 284 valence electrons. The first-order valence-electron chi connectivity index (χ1n) is 16.3. The van der Waals surface area contributed by atoms with Crippen LogP contribution in [0.15, 0.2) is 120 Å². The molecule has 0 radical (unpaired) electrons. The van der Waals surface area contributed by atoms with Crippen LogP contribution in [0.2, 0.25) is 0 Å². The van der Waals surface area contributed by atoms with Crippen molar-refractivity contribution in [2.75, 3.05) is 4.90 Å². The first kappa shape index (κ1) is 36.3. The molecule has 18 heteroatoms. The predicted molar refractivity (Wildman–Crippen MR) is 180 cm³/mol. The van der Waals surface area contributed by atoms with Crippen LogP contribution in [-0.4, -0.2) is 33.4 Å². The molecule has 0 bridgehead atoms. The van der Waals surface area contributed by atoms with Gasteiger partial charge in [-0.15, -0.1) is 4.48 Å². The average Bonchev–Trinajstić information content (AvgIpc) is 3.72. The number of anilines is 1. The second-order valence-corrected chi connectivity index (χ2v) is 12.7. The molecule has 4 aliphatic heterocycles. The zero-order valence-electron chi connectivity index (χ0n) is 27.9. The Labute approximate surface area is 308 Å². The second-order valence-electron chi connectivity index (χ2n) is 12.7. The number of aliphatic imine (C=N–C) groups is 1. The van der Waals surface area contributed by atoms with Gasteiger partial charge >= 0.3 is 24.2 Å². The Kier molecular flexibility index (Phi) is 8.22. The molecule has 0 fully saturated rings. The number of rotatable bonds is 5. The molecule has 2 unspecified atom stereocenters. The van der Waals surface area contributed by atoms with E-state index in [1.165, 1.54) is 17.3 Å². The molecule has 2 atom stereocenters. The molecule has 0 aromatic heterocycles. The van der Waals surface area contributed by atoms with E-state index in [4.69, 9.17) is 0 Å². The van der Waals surface area contributed by atoms with Crippen LogP contribution < -0.4 is 15.5 Å². The van der Waals surface area contributed by atoms with E-state index in [-0.39, 0.29) is 34.0 Å². The van der Waals surface area contributed by atoms with Crippen molar-refractivity contribution in [1.82, 2.24) is 15.5 Å². The van der Waals surface area contributed by atoms with Crippen LogP contribution in [-0.2, 0) is 21.9 Å². The number of carbonyl (C=O) groups excluding carboxylic acids is 2. The topological polar surface area (TPSA) is 77.0 Å². The van der Waals surface area contributed by atoms with Crippen molar-refractivity contribution >= 4 is 40.6 Å². The van der Waals surface area contributed by atoms with E-state index in [2.05, 4.69) is 15.6 Å². The van der Waals surface area contributed by atoms with Crippen molar-refractivity contribution in [3.63, 3.8) is 0 Å². The van der Waals surface area contributed by atoms with E-state index in [0.29, 0.717) is 24.3 Å². The highest BCUT2D eigenvalue weighted by molar-refractivity contribution is 6.16. The quantitative estimate of drug-likeness (QED) is 0.159. The van der Waals surface area contributed by atoms with Crippen molar-refractivity contribution in [3.05, 3.63) is 166 Å². The molecular weight excluding hydrogens is 762 g/mol. The molecule has 2 amide bonds. The number of hydrogen-bond acceptors (Lipinski definition) is 6. The molecule has 0 saturated carbocycles. The summed E-state index contributed by atoms with van der Waals surface area (Å²) in [5, 5.41) is 5.82. The number of hydrogen-bond donors (Lipinski definition) is 2. The highest BCUT2D eigenvalue weighted by atomic mass is 19.4. The lowest BCUT2D eigenvalue weighted by atomic mass is 10.00. The van der Waals surface area contributed by atoms with Gasteiger partial charge in [0, 0.05) is 41.3 Å². The number of nitrogens with one attached hydrogen (secondary N) is 2. The van der Waals surface area contributed by atoms with Gasteiger partial charge in [0.1, 0.15) is 29.0 Å². The van der Waals surface area contributed by atoms with E-state index >= 15 is 8.78 Å². The minimum Gasteiger partial charge on any atom is -0.308 e. The maximum Gasteiger partial charge on any atom is 0.416 e. The van der Waals surface area contributed by atoms with Gasteiger partial charge in [0.15, 0.2) is 12.0 Å². The number of fused-ring (bicyclic) bond motifs is 2. The minimum absolute atomic E-state index is 0.0986. The van der Waals surface area contributed by atoms with Crippen LogP contribution in [0.5, 0.6) is 0 Å². The Morgan fingerprint density at radius 3 is 1.79 bits per heavy atom. The monoisotopic (exact) mass is 783 g/mol. The summed E-state index contributed by atoms with van der Waals surface area (Å²) < 4.78 is 139. The molecule has 0 spiro atoms. The molecule has 56 heavy (non-hydrogen) atoms. The van der Waals surface area contributed by atoms with Gasteiger partial charge in [-0.3, -0.25) is 15.0 Å². The molecule has 0 aliphatic carbocycles. The largest absolute Gasteiger partial charge is 0.416 e. The van der Waals surface area contributed by atoms with Crippen molar-refractivity contribution < 1.29 is 58.0 Å². The highest BCUT2D eigenvalue weighted by Gasteiger charge is 2.61. The van der Waals surface area contributed by atoms with Gasteiger partial charge in [0.2, 0.25) is 5.82 Å². The molecule has 4 heterocycles. The fraction of sp³-hybridized carbons (Fsp3) is 0.0789. The lowest BCUT2D eigenvalue weighted by Gasteiger charge is -2.42. The second kappa shape index (κ2) is 12.7. The lowest BCUT2D eigenvalue weighted by Crippen LogP contribution is -2.66. The smallest absolute Gasteiger partial charge is 0.308 e. The molecule has 0 saturated heterocycles. The first-order valence-corrected chi connectivity index (χ1v) is 16.3.